The Kier molecular flexibility index (Phi) is 4.95. The van der Waals surface area contributed by atoms with Crippen molar-refractivity contribution < 1.29 is 18.0 Å². The molecule has 0 unspecified atom stereocenters. The van der Waals surface area contributed by atoms with Crippen molar-refractivity contribution in [2.24, 2.45) is 5.92 Å². The van der Waals surface area contributed by atoms with Crippen LogP contribution in [-0.2, 0) is 19.6 Å². The van der Waals surface area contributed by atoms with E-state index in [1.165, 1.54) is 27.6 Å². The summed E-state index contributed by atoms with van der Waals surface area (Å²) >= 11 is 0. The molecule has 21 heavy (non-hydrogen) atoms. The molecule has 0 radical (unpaired) electrons. The standard InChI is InChI=1S/C14H20N2O4S/c1-21(19,20)15-10-7-12(8-11-15)5-6-14(18)16-9-3-2-4-13(16)17/h2,4-6,12H,3,7-11H2,1H3/b6-5+. The fraction of sp³-hybridized carbons (Fsp3) is 0.571. The largest absolute Gasteiger partial charge is 0.275 e. The molecule has 2 heterocycles. The van der Waals surface area contributed by atoms with E-state index in [-0.39, 0.29) is 17.7 Å². The normalized spacial score (nSPS) is 22.1. The number of hydrogen-bond acceptors (Lipinski definition) is 4. The molecule has 0 atom stereocenters. The lowest BCUT2D eigenvalue weighted by Gasteiger charge is -2.28. The lowest BCUT2D eigenvalue weighted by Crippen LogP contribution is -2.38. The quantitative estimate of drug-likeness (QED) is 0.713. The van der Waals surface area contributed by atoms with Crippen LogP contribution in [0.2, 0.25) is 0 Å². The third kappa shape index (κ3) is 4.25. The maximum Gasteiger partial charge on any atom is 0.253 e. The molecule has 7 heteroatoms. The Hall–Kier alpha value is -1.47. The van der Waals surface area contributed by atoms with E-state index in [0.717, 1.165) is 0 Å². The highest BCUT2D eigenvalue weighted by Gasteiger charge is 2.24. The molecular formula is C14H20N2O4S. The molecular weight excluding hydrogens is 292 g/mol. The van der Waals surface area contributed by atoms with Gasteiger partial charge in [-0.1, -0.05) is 12.2 Å². The third-order valence-corrected chi connectivity index (χ3v) is 5.09. The molecule has 0 aliphatic carbocycles. The van der Waals surface area contributed by atoms with Gasteiger partial charge in [0, 0.05) is 19.6 Å². The van der Waals surface area contributed by atoms with Gasteiger partial charge in [-0.15, -0.1) is 0 Å². The fourth-order valence-corrected chi connectivity index (χ4v) is 3.39. The van der Waals surface area contributed by atoms with Gasteiger partial charge in [0.15, 0.2) is 0 Å². The molecule has 2 amide bonds. The highest BCUT2D eigenvalue weighted by Crippen LogP contribution is 2.20. The van der Waals surface area contributed by atoms with Crippen LogP contribution in [0.5, 0.6) is 0 Å². The molecule has 0 aromatic carbocycles. The molecule has 2 rings (SSSR count). The van der Waals surface area contributed by atoms with E-state index in [1.54, 1.807) is 12.2 Å². The SMILES string of the molecule is CS(=O)(=O)N1CCC(/C=C/C(=O)N2CCC=CC2=O)CC1. The summed E-state index contributed by atoms with van der Waals surface area (Å²) in [5, 5.41) is 0. The van der Waals surface area contributed by atoms with E-state index >= 15 is 0 Å². The average molecular weight is 312 g/mol. The van der Waals surface area contributed by atoms with Crippen LogP contribution in [0, 0.1) is 5.92 Å². The van der Waals surface area contributed by atoms with Crippen molar-refractivity contribution in [2.45, 2.75) is 19.3 Å². The second kappa shape index (κ2) is 6.53. The van der Waals surface area contributed by atoms with Crippen molar-refractivity contribution in [2.75, 3.05) is 25.9 Å². The van der Waals surface area contributed by atoms with Crippen LogP contribution in [0.25, 0.3) is 0 Å². The van der Waals surface area contributed by atoms with Gasteiger partial charge in [-0.25, -0.2) is 12.7 Å². The van der Waals surface area contributed by atoms with Crippen LogP contribution < -0.4 is 0 Å². The molecule has 0 spiro atoms. The summed E-state index contributed by atoms with van der Waals surface area (Å²) in [7, 11) is -3.12. The van der Waals surface area contributed by atoms with Gasteiger partial charge in [-0.3, -0.25) is 14.5 Å². The Morgan fingerprint density at radius 3 is 2.52 bits per heavy atom. The second-order valence-electron chi connectivity index (χ2n) is 5.38. The zero-order chi connectivity index (χ0) is 15.5. The third-order valence-electron chi connectivity index (χ3n) is 3.79. The Morgan fingerprint density at radius 2 is 1.95 bits per heavy atom. The summed E-state index contributed by atoms with van der Waals surface area (Å²) in [6, 6.07) is 0. The predicted molar refractivity (Wildman–Crippen MR) is 78.8 cm³/mol. The first-order valence-electron chi connectivity index (χ1n) is 7.03. The smallest absolute Gasteiger partial charge is 0.253 e. The van der Waals surface area contributed by atoms with E-state index in [0.29, 0.717) is 38.9 Å². The molecule has 2 aliphatic heterocycles. The molecule has 1 saturated heterocycles. The van der Waals surface area contributed by atoms with Gasteiger partial charge in [0.05, 0.1) is 6.26 Å². The maximum atomic E-state index is 12.0. The van der Waals surface area contributed by atoms with E-state index in [9.17, 15) is 18.0 Å². The Morgan fingerprint density at radius 1 is 1.29 bits per heavy atom. The van der Waals surface area contributed by atoms with E-state index in [1.807, 2.05) is 0 Å². The minimum Gasteiger partial charge on any atom is -0.275 e. The molecule has 1 fully saturated rings. The number of sulfonamides is 1. The van der Waals surface area contributed by atoms with Crippen molar-refractivity contribution >= 4 is 21.8 Å². The van der Waals surface area contributed by atoms with Crippen LogP contribution in [0.3, 0.4) is 0 Å². The summed E-state index contributed by atoms with van der Waals surface area (Å²) in [5.74, 6) is -0.389. The maximum absolute atomic E-state index is 12.0. The van der Waals surface area contributed by atoms with Crippen molar-refractivity contribution in [1.29, 1.82) is 0 Å². The van der Waals surface area contributed by atoms with Gasteiger partial charge >= 0.3 is 0 Å². The highest BCUT2D eigenvalue weighted by atomic mass is 32.2. The van der Waals surface area contributed by atoms with Gasteiger partial charge < -0.3 is 0 Å². The van der Waals surface area contributed by atoms with Gasteiger partial charge in [0.1, 0.15) is 0 Å². The number of rotatable bonds is 3. The first-order chi connectivity index (χ1) is 9.88. The van der Waals surface area contributed by atoms with Crippen LogP contribution in [0.4, 0.5) is 0 Å². The van der Waals surface area contributed by atoms with Crippen LogP contribution >= 0.6 is 0 Å². The molecule has 6 nitrogen and oxygen atoms in total. The number of carbonyl (C=O) groups is 2. The summed E-state index contributed by atoms with van der Waals surface area (Å²) in [6.45, 7) is 1.38. The Bertz CT molecular complexity index is 572. The zero-order valence-corrected chi connectivity index (χ0v) is 12.9. The monoisotopic (exact) mass is 312 g/mol. The number of hydrogen-bond donors (Lipinski definition) is 0. The van der Waals surface area contributed by atoms with Crippen LogP contribution in [0.15, 0.2) is 24.3 Å². The number of piperidine rings is 1. The Balaban J connectivity index is 1.87. The van der Waals surface area contributed by atoms with Crippen LogP contribution in [-0.4, -0.2) is 55.3 Å². The average Bonchev–Trinajstić information content (AvgIpc) is 2.45. The zero-order valence-electron chi connectivity index (χ0n) is 12.1. The van der Waals surface area contributed by atoms with Gasteiger partial charge in [0.2, 0.25) is 10.0 Å². The van der Waals surface area contributed by atoms with E-state index < -0.39 is 10.0 Å². The van der Waals surface area contributed by atoms with E-state index in [4.69, 9.17) is 0 Å². The highest BCUT2D eigenvalue weighted by molar-refractivity contribution is 7.88. The molecule has 0 aromatic rings. The predicted octanol–water partition coefficient (Wildman–Crippen LogP) is 0.529. The van der Waals surface area contributed by atoms with Gasteiger partial charge in [-0.05, 0) is 37.3 Å². The van der Waals surface area contributed by atoms with Crippen molar-refractivity contribution in [3.05, 3.63) is 24.3 Å². The number of nitrogens with zero attached hydrogens (tertiary/aromatic N) is 2. The van der Waals surface area contributed by atoms with E-state index in [2.05, 4.69) is 0 Å². The van der Waals surface area contributed by atoms with Crippen molar-refractivity contribution in [1.82, 2.24) is 9.21 Å². The van der Waals surface area contributed by atoms with Gasteiger partial charge in [-0.2, -0.15) is 0 Å². The molecule has 0 bridgehead atoms. The minimum absolute atomic E-state index is 0.183. The number of carbonyl (C=O) groups excluding carboxylic acids is 2. The number of amides is 2. The van der Waals surface area contributed by atoms with Crippen LogP contribution in [0.1, 0.15) is 19.3 Å². The number of allylic oxidation sites excluding steroid dienone is 1. The van der Waals surface area contributed by atoms with Crippen molar-refractivity contribution in [3.63, 3.8) is 0 Å². The summed E-state index contributed by atoms with van der Waals surface area (Å²) in [5.41, 5.74) is 0. The Labute approximate surface area is 125 Å². The molecule has 0 N–H and O–H groups in total. The molecule has 116 valence electrons. The fourth-order valence-electron chi connectivity index (χ4n) is 2.51. The second-order valence-corrected chi connectivity index (χ2v) is 7.36. The lowest BCUT2D eigenvalue weighted by atomic mass is 9.97. The first-order valence-corrected chi connectivity index (χ1v) is 8.88. The topological polar surface area (TPSA) is 74.8 Å². The lowest BCUT2D eigenvalue weighted by molar-refractivity contribution is -0.139. The summed E-state index contributed by atoms with van der Waals surface area (Å²) in [4.78, 5) is 24.7. The van der Waals surface area contributed by atoms with Gasteiger partial charge in [0.25, 0.3) is 11.8 Å². The summed E-state index contributed by atoms with van der Waals surface area (Å²) < 4.78 is 24.3. The molecule has 0 aromatic heterocycles. The number of imide groups is 1. The minimum atomic E-state index is -3.12. The molecule has 0 saturated carbocycles. The molecule has 2 aliphatic rings. The summed E-state index contributed by atoms with van der Waals surface area (Å²) in [6.07, 6.45) is 9.72. The first kappa shape index (κ1) is 15.9. The van der Waals surface area contributed by atoms with Crippen molar-refractivity contribution in [3.8, 4) is 0 Å².